The first-order valence-electron chi connectivity index (χ1n) is 7.96. The molecular formula is C19H21NO4S. The summed E-state index contributed by atoms with van der Waals surface area (Å²) in [5, 5.41) is -0.0837. The molecule has 2 aromatic carbocycles. The van der Waals surface area contributed by atoms with Gasteiger partial charge in [-0.25, -0.2) is 0 Å². The van der Waals surface area contributed by atoms with E-state index in [1.807, 2.05) is 41.3 Å². The van der Waals surface area contributed by atoms with Crippen molar-refractivity contribution in [1.29, 1.82) is 0 Å². The van der Waals surface area contributed by atoms with Gasteiger partial charge in [0, 0.05) is 29.5 Å². The molecule has 1 aliphatic rings. The number of hydrogen-bond acceptors (Lipinski definition) is 5. The Morgan fingerprint density at radius 1 is 1.04 bits per heavy atom. The normalized spacial score (nSPS) is 16.6. The van der Waals surface area contributed by atoms with Gasteiger partial charge < -0.3 is 19.1 Å². The number of carbonyl (C=O) groups is 1. The lowest BCUT2D eigenvalue weighted by molar-refractivity contribution is 0.0759. The van der Waals surface area contributed by atoms with Crippen LogP contribution >= 0.6 is 11.8 Å². The van der Waals surface area contributed by atoms with Crippen LogP contribution in [0.15, 0.2) is 42.5 Å². The molecular weight excluding hydrogens is 338 g/mol. The van der Waals surface area contributed by atoms with Gasteiger partial charge in [-0.3, -0.25) is 4.79 Å². The molecule has 6 heteroatoms. The maximum absolute atomic E-state index is 13.0. The summed E-state index contributed by atoms with van der Waals surface area (Å²) in [4.78, 5) is 14.9. The lowest BCUT2D eigenvalue weighted by Gasteiger charge is -2.26. The highest BCUT2D eigenvalue weighted by Crippen LogP contribution is 2.43. The van der Waals surface area contributed by atoms with E-state index >= 15 is 0 Å². The summed E-state index contributed by atoms with van der Waals surface area (Å²) in [5.74, 6) is 3.01. The summed E-state index contributed by atoms with van der Waals surface area (Å²) < 4.78 is 16.0. The summed E-state index contributed by atoms with van der Waals surface area (Å²) in [6.45, 7) is 0.695. The number of benzene rings is 2. The largest absolute Gasteiger partial charge is 0.497 e. The summed E-state index contributed by atoms with van der Waals surface area (Å²) in [7, 11) is 4.85. The summed E-state index contributed by atoms with van der Waals surface area (Å²) in [6.07, 6.45) is 0. The molecule has 2 aromatic rings. The molecule has 0 bridgehead atoms. The Morgan fingerprint density at radius 3 is 2.52 bits per heavy atom. The minimum Gasteiger partial charge on any atom is -0.497 e. The molecule has 25 heavy (non-hydrogen) atoms. The van der Waals surface area contributed by atoms with E-state index < -0.39 is 0 Å². The van der Waals surface area contributed by atoms with E-state index in [1.54, 1.807) is 39.2 Å². The Hall–Kier alpha value is -2.34. The van der Waals surface area contributed by atoms with E-state index in [9.17, 15) is 4.79 Å². The SMILES string of the molecule is COc1cccc(C(=O)N2CCS[C@H]2c2ccc(OC)cc2OC)c1. The van der Waals surface area contributed by atoms with Crippen molar-refractivity contribution >= 4 is 17.7 Å². The molecule has 1 aliphatic heterocycles. The Kier molecular flexibility index (Phi) is 5.38. The number of ether oxygens (including phenoxy) is 3. The minimum absolute atomic E-state index is 0.00762. The van der Waals surface area contributed by atoms with Crippen LogP contribution in [0.4, 0.5) is 0 Å². The van der Waals surface area contributed by atoms with Gasteiger partial charge in [0.1, 0.15) is 22.6 Å². The van der Waals surface area contributed by atoms with Crippen molar-refractivity contribution in [3.05, 3.63) is 53.6 Å². The van der Waals surface area contributed by atoms with Gasteiger partial charge in [0.25, 0.3) is 5.91 Å². The monoisotopic (exact) mass is 359 g/mol. The molecule has 1 amide bonds. The van der Waals surface area contributed by atoms with Gasteiger partial charge in [-0.05, 0) is 30.3 Å². The maximum Gasteiger partial charge on any atom is 0.255 e. The Labute approximate surface area is 151 Å². The molecule has 1 atom stereocenters. The summed E-state index contributed by atoms with van der Waals surface area (Å²) in [6, 6.07) is 13.0. The van der Waals surface area contributed by atoms with E-state index in [1.165, 1.54) is 0 Å². The third-order valence-corrected chi connectivity index (χ3v) is 5.42. The number of carbonyl (C=O) groups excluding carboxylic acids is 1. The first-order chi connectivity index (χ1) is 12.2. The van der Waals surface area contributed by atoms with Crippen LogP contribution in [-0.4, -0.2) is 44.4 Å². The highest BCUT2D eigenvalue weighted by molar-refractivity contribution is 7.99. The average molecular weight is 359 g/mol. The maximum atomic E-state index is 13.0. The van der Waals surface area contributed by atoms with Crippen molar-refractivity contribution in [3.8, 4) is 17.2 Å². The molecule has 0 aromatic heterocycles. The summed E-state index contributed by atoms with van der Waals surface area (Å²) in [5.41, 5.74) is 1.60. The number of hydrogen-bond donors (Lipinski definition) is 0. The molecule has 0 unspecified atom stereocenters. The van der Waals surface area contributed by atoms with Crippen molar-refractivity contribution in [2.24, 2.45) is 0 Å². The van der Waals surface area contributed by atoms with Crippen molar-refractivity contribution in [3.63, 3.8) is 0 Å². The van der Waals surface area contributed by atoms with Crippen LogP contribution in [0, 0.1) is 0 Å². The molecule has 1 saturated heterocycles. The molecule has 0 aliphatic carbocycles. The average Bonchev–Trinajstić information content (AvgIpc) is 3.16. The van der Waals surface area contributed by atoms with Gasteiger partial charge in [-0.2, -0.15) is 0 Å². The lowest BCUT2D eigenvalue weighted by Crippen LogP contribution is -2.30. The Morgan fingerprint density at radius 2 is 1.80 bits per heavy atom. The van der Waals surface area contributed by atoms with E-state index in [2.05, 4.69) is 0 Å². The second-order valence-electron chi connectivity index (χ2n) is 5.56. The van der Waals surface area contributed by atoms with Gasteiger partial charge in [0.05, 0.1) is 21.3 Å². The van der Waals surface area contributed by atoms with Crippen LogP contribution in [0.1, 0.15) is 21.3 Å². The van der Waals surface area contributed by atoms with Crippen LogP contribution in [0.2, 0.25) is 0 Å². The van der Waals surface area contributed by atoms with Crippen molar-refractivity contribution in [2.75, 3.05) is 33.6 Å². The van der Waals surface area contributed by atoms with Gasteiger partial charge >= 0.3 is 0 Å². The van der Waals surface area contributed by atoms with Crippen LogP contribution in [0.3, 0.4) is 0 Å². The first-order valence-corrected chi connectivity index (χ1v) is 9.01. The van der Waals surface area contributed by atoms with Gasteiger partial charge in [0.2, 0.25) is 0 Å². The first kappa shape index (κ1) is 17.5. The smallest absolute Gasteiger partial charge is 0.255 e. The zero-order valence-corrected chi connectivity index (χ0v) is 15.3. The van der Waals surface area contributed by atoms with Crippen molar-refractivity contribution in [1.82, 2.24) is 4.90 Å². The lowest BCUT2D eigenvalue weighted by atomic mass is 10.1. The predicted octanol–water partition coefficient (Wildman–Crippen LogP) is 3.60. The minimum atomic E-state index is -0.0837. The Balaban J connectivity index is 1.91. The van der Waals surface area contributed by atoms with Crippen LogP contribution < -0.4 is 14.2 Å². The molecule has 0 N–H and O–H groups in total. The topological polar surface area (TPSA) is 48.0 Å². The zero-order chi connectivity index (χ0) is 17.8. The number of nitrogens with zero attached hydrogens (tertiary/aromatic N) is 1. The second kappa shape index (κ2) is 7.70. The van der Waals surface area contributed by atoms with Crippen LogP contribution in [-0.2, 0) is 0 Å². The number of amides is 1. The fraction of sp³-hybridized carbons (Fsp3) is 0.316. The second-order valence-corrected chi connectivity index (χ2v) is 6.75. The van der Waals surface area contributed by atoms with Crippen LogP contribution in [0.5, 0.6) is 17.2 Å². The van der Waals surface area contributed by atoms with E-state index in [4.69, 9.17) is 14.2 Å². The number of methoxy groups -OCH3 is 3. The third-order valence-electron chi connectivity index (χ3n) is 4.18. The predicted molar refractivity (Wildman–Crippen MR) is 98.8 cm³/mol. The molecule has 5 nitrogen and oxygen atoms in total. The van der Waals surface area contributed by atoms with E-state index in [-0.39, 0.29) is 11.3 Å². The number of rotatable bonds is 5. The number of thioether (sulfide) groups is 1. The molecule has 1 fully saturated rings. The van der Waals surface area contributed by atoms with Crippen molar-refractivity contribution < 1.29 is 19.0 Å². The van der Waals surface area contributed by atoms with Crippen molar-refractivity contribution in [2.45, 2.75) is 5.37 Å². The standard InChI is InChI=1S/C19H21NO4S/c1-22-14-6-4-5-13(11-14)18(21)20-9-10-25-19(20)16-8-7-15(23-2)12-17(16)24-3/h4-8,11-12,19H,9-10H2,1-3H3/t19-/m0/s1. The fourth-order valence-corrected chi connectivity index (χ4v) is 4.16. The highest BCUT2D eigenvalue weighted by Gasteiger charge is 2.33. The highest BCUT2D eigenvalue weighted by atomic mass is 32.2. The quantitative estimate of drug-likeness (QED) is 0.816. The van der Waals surface area contributed by atoms with Gasteiger partial charge in [-0.1, -0.05) is 6.07 Å². The van der Waals surface area contributed by atoms with E-state index in [0.29, 0.717) is 17.9 Å². The Bertz CT molecular complexity index is 765. The molecule has 0 saturated carbocycles. The van der Waals surface area contributed by atoms with Crippen LogP contribution in [0.25, 0.3) is 0 Å². The third kappa shape index (κ3) is 3.54. The van der Waals surface area contributed by atoms with E-state index in [0.717, 1.165) is 22.8 Å². The summed E-state index contributed by atoms with van der Waals surface area (Å²) >= 11 is 1.73. The molecule has 1 heterocycles. The van der Waals surface area contributed by atoms with Gasteiger partial charge in [0.15, 0.2) is 0 Å². The molecule has 132 valence electrons. The van der Waals surface area contributed by atoms with Gasteiger partial charge in [-0.15, -0.1) is 11.8 Å². The molecule has 0 radical (unpaired) electrons. The zero-order valence-electron chi connectivity index (χ0n) is 14.5. The fourth-order valence-electron chi connectivity index (χ4n) is 2.88. The molecule has 3 rings (SSSR count). The molecule has 0 spiro atoms.